The number of carbonyl (C=O) groups is 1. The fourth-order valence-electron chi connectivity index (χ4n) is 3.90. The third kappa shape index (κ3) is 4.09. The maximum absolute atomic E-state index is 13.4. The van der Waals surface area contributed by atoms with Gasteiger partial charge < -0.3 is 14.6 Å². The van der Waals surface area contributed by atoms with Crippen molar-refractivity contribution in [3.63, 3.8) is 0 Å². The van der Waals surface area contributed by atoms with E-state index in [1.807, 2.05) is 28.8 Å². The quantitative estimate of drug-likeness (QED) is 0.468. The van der Waals surface area contributed by atoms with Gasteiger partial charge in [0.15, 0.2) is 0 Å². The van der Waals surface area contributed by atoms with Crippen LogP contribution >= 0.6 is 0 Å². The number of nitrogens with one attached hydrogen (secondary N) is 1. The minimum atomic E-state index is -0.277. The van der Waals surface area contributed by atoms with E-state index in [0.29, 0.717) is 25.2 Å². The summed E-state index contributed by atoms with van der Waals surface area (Å²) in [5.41, 5.74) is 4.75. The minimum absolute atomic E-state index is 0.135. The van der Waals surface area contributed by atoms with Crippen LogP contribution in [0, 0.1) is 13.8 Å². The molecule has 7 nitrogen and oxygen atoms in total. The number of para-hydroxylation sites is 1. The molecule has 0 saturated heterocycles. The number of amides is 1. The number of aryl methyl sites for hydroxylation is 2. The average Bonchev–Trinajstić information content (AvgIpc) is 3.07. The lowest BCUT2D eigenvalue weighted by atomic mass is 10.1. The van der Waals surface area contributed by atoms with Crippen LogP contribution in [0.4, 0.5) is 0 Å². The smallest absolute Gasteiger partial charge is 0.291 e. The second-order valence-electron chi connectivity index (χ2n) is 7.75. The van der Waals surface area contributed by atoms with Crippen molar-refractivity contribution in [3.8, 4) is 0 Å². The molecule has 2 aromatic carbocycles. The summed E-state index contributed by atoms with van der Waals surface area (Å²) in [6.45, 7) is 5.37. The molecule has 2 heterocycles. The number of hydrogen-bond acceptors (Lipinski definition) is 4. The molecule has 0 aliphatic heterocycles. The maximum atomic E-state index is 13.4. The maximum Gasteiger partial charge on any atom is 0.291 e. The lowest BCUT2D eigenvalue weighted by molar-refractivity contribution is -0.122. The Labute approximate surface area is 180 Å². The third-order valence-electron chi connectivity index (χ3n) is 5.53. The van der Waals surface area contributed by atoms with Crippen LogP contribution in [0.15, 0.2) is 53.5 Å². The van der Waals surface area contributed by atoms with E-state index in [-0.39, 0.29) is 18.0 Å². The number of hydrogen-bond donors (Lipinski definition) is 1. The summed E-state index contributed by atoms with van der Waals surface area (Å²) in [5.74, 6) is -0.275. The van der Waals surface area contributed by atoms with Crippen LogP contribution in [0.25, 0.3) is 21.8 Å². The van der Waals surface area contributed by atoms with E-state index in [0.717, 1.165) is 21.9 Å². The van der Waals surface area contributed by atoms with Crippen molar-refractivity contribution >= 4 is 27.7 Å². The van der Waals surface area contributed by atoms with E-state index < -0.39 is 0 Å². The molecular weight excluding hydrogens is 392 g/mol. The predicted molar refractivity (Wildman–Crippen MR) is 121 cm³/mol. The van der Waals surface area contributed by atoms with Crippen LogP contribution in [-0.4, -0.2) is 40.5 Å². The molecule has 31 heavy (non-hydrogen) atoms. The summed E-state index contributed by atoms with van der Waals surface area (Å²) >= 11 is 0. The number of aromatic nitrogens is 3. The summed E-state index contributed by atoms with van der Waals surface area (Å²) in [5, 5.41) is 8.78. The molecular formula is C24H26N4O3. The molecule has 0 saturated carbocycles. The van der Waals surface area contributed by atoms with E-state index in [2.05, 4.69) is 42.5 Å². The van der Waals surface area contributed by atoms with Gasteiger partial charge in [0.2, 0.25) is 5.91 Å². The zero-order valence-electron chi connectivity index (χ0n) is 18.0. The molecule has 0 spiro atoms. The molecule has 4 aromatic rings. The van der Waals surface area contributed by atoms with Gasteiger partial charge >= 0.3 is 0 Å². The highest BCUT2D eigenvalue weighted by atomic mass is 16.5. The highest BCUT2D eigenvalue weighted by Gasteiger charge is 2.17. The Morgan fingerprint density at radius 2 is 1.94 bits per heavy atom. The SMILES string of the molecule is COCCNC(=O)Cn1ncc2c3ccccc3n(Cc3cc(C)ccc3C)c2c1=O. The van der Waals surface area contributed by atoms with Gasteiger partial charge in [0.1, 0.15) is 12.1 Å². The molecule has 2 aromatic heterocycles. The van der Waals surface area contributed by atoms with Crippen molar-refractivity contribution in [1.29, 1.82) is 0 Å². The molecule has 0 aliphatic rings. The van der Waals surface area contributed by atoms with E-state index in [1.165, 1.54) is 15.8 Å². The molecule has 160 valence electrons. The molecule has 1 amide bonds. The number of benzene rings is 2. The molecule has 1 N–H and O–H groups in total. The van der Waals surface area contributed by atoms with Crippen LogP contribution in [0.5, 0.6) is 0 Å². The number of carbonyl (C=O) groups excluding carboxylic acids is 1. The molecule has 4 rings (SSSR count). The first-order chi connectivity index (χ1) is 15.0. The Hall–Kier alpha value is -3.45. The Bertz CT molecular complexity index is 1320. The Morgan fingerprint density at radius 1 is 1.13 bits per heavy atom. The highest BCUT2D eigenvalue weighted by molar-refractivity contribution is 6.07. The fraction of sp³-hybridized carbons (Fsp3) is 0.292. The topological polar surface area (TPSA) is 78.2 Å². The van der Waals surface area contributed by atoms with Crippen LogP contribution in [0.1, 0.15) is 16.7 Å². The summed E-state index contributed by atoms with van der Waals surface area (Å²) in [6.07, 6.45) is 1.68. The monoisotopic (exact) mass is 418 g/mol. The fourth-order valence-corrected chi connectivity index (χ4v) is 3.90. The lowest BCUT2D eigenvalue weighted by Crippen LogP contribution is -2.35. The van der Waals surface area contributed by atoms with Gasteiger partial charge in [-0.2, -0.15) is 5.10 Å². The van der Waals surface area contributed by atoms with E-state index in [1.54, 1.807) is 13.3 Å². The van der Waals surface area contributed by atoms with Crippen molar-refractivity contribution in [1.82, 2.24) is 19.7 Å². The highest BCUT2D eigenvalue weighted by Crippen LogP contribution is 2.27. The zero-order valence-corrected chi connectivity index (χ0v) is 18.0. The number of methoxy groups -OCH3 is 1. The Kier molecular flexibility index (Phi) is 5.86. The number of ether oxygens (including phenoxy) is 1. The standard InChI is InChI=1S/C24H26N4O3/c1-16-8-9-17(2)18(12-16)14-27-21-7-5-4-6-19(21)20-13-26-28(24(30)23(20)27)15-22(29)25-10-11-31-3/h4-9,12-13H,10-11,14-15H2,1-3H3,(H,25,29). The van der Waals surface area contributed by atoms with Crippen molar-refractivity contribution in [3.05, 3.63) is 75.7 Å². The number of fused-ring (bicyclic) bond motifs is 3. The van der Waals surface area contributed by atoms with Gasteiger partial charge in [-0.25, -0.2) is 4.68 Å². The normalized spacial score (nSPS) is 11.3. The molecule has 0 bridgehead atoms. The van der Waals surface area contributed by atoms with Crippen molar-refractivity contribution in [2.45, 2.75) is 26.9 Å². The Balaban J connectivity index is 1.82. The molecule has 7 heteroatoms. The van der Waals surface area contributed by atoms with Gasteiger partial charge in [0.05, 0.1) is 12.8 Å². The first-order valence-electron chi connectivity index (χ1n) is 10.3. The first-order valence-corrected chi connectivity index (χ1v) is 10.3. The summed E-state index contributed by atoms with van der Waals surface area (Å²) in [4.78, 5) is 25.6. The lowest BCUT2D eigenvalue weighted by Gasteiger charge is -2.12. The van der Waals surface area contributed by atoms with Gasteiger partial charge in [-0.05, 0) is 31.0 Å². The second-order valence-corrected chi connectivity index (χ2v) is 7.75. The van der Waals surface area contributed by atoms with Gasteiger partial charge in [-0.1, -0.05) is 42.0 Å². The van der Waals surface area contributed by atoms with Crippen LogP contribution in [-0.2, 0) is 22.6 Å². The minimum Gasteiger partial charge on any atom is -0.383 e. The van der Waals surface area contributed by atoms with Crippen LogP contribution < -0.4 is 10.9 Å². The summed E-state index contributed by atoms with van der Waals surface area (Å²) < 4.78 is 8.21. The largest absolute Gasteiger partial charge is 0.383 e. The van der Waals surface area contributed by atoms with Crippen LogP contribution in [0.2, 0.25) is 0 Å². The van der Waals surface area contributed by atoms with Gasteiger partial charge in [-0.15, -0.1) is 0 Å². The van der Waals surface area contributed by atoms with Crippen molar-refractivity contribution < 1.29 is 9.53 Å². The van der Waals surface area contributed by atoms with Crippen molar-refractivity contribution in [2.75, 3.05) is 20.3 Å². The first kappa shape index (κ1) is 20.8. The molecule has 0 fully saturated rings. The third-order valence-corrected chi connectivity index (χ3v) is 5.53. The average molecular weight is 418 g/mol. The summed E-state index contributed by atoms with van der Waals surface area (Å²) in [7, 11) is 1.57. The van der Waals surface area contributed by atoms with Crippen LogP contribution in [0.3, 0.4) is 0 Å². The van der Waals surface area contributed by atoms with Crippen molar-refractivity contribution in [2.24, 2.45) is 0 Å². The molecule has 0 unspecified atom stereocenters. The van der Waals surface area contributed by atoms with Gasteiger partial charge in [0.25, 0.3) is 5.56 Å². The van der Waals surface area contributed by atoms with Gasteiger partial charge in [0, 0.05) is 36.5 Å². The molecule has 0 atom stereocenters. The molecule has 0 aliphatic carbocycles. The van der Waals surface area contributed by atoms with E-state index in [9.17, 15) is 9.59 Å². The van der Waals surface area contributed by atoms with E-state index in [4.69, 9.17) is 4.74 Å². The Morgan fingerprint density at radius 3 is 2.74 bits per heavy atom. The summed E-state index contributed by atoms with van der Waals surface area (Å²) in [6, 6.07) is 14.3. The van der Waals surface area contributed by atoms with E-state index >= 15 is 0 Å². The second kappa shape index (κ2) is 8.73. The molecule has 0 radical (unpaired) electrons. The zero-order chi connectivity index (χ0) is 22.0. The van der Waals surface area contributed by atoms with Gasteiger partial charge in [-0.3, -0.25) is 9.59 Å². The number of nitrogens with zero attached hydrogens (tertiary/aromatic N) is 3. The number of rotatable bonds is 7. The predicted octanol–water partition coefficient (Wildman–Crippen LogP) is 2.78.